The summed E-state index contributed by atoms with van der Waals surface area (Å²) in [6.45, 7) is 3.92. The van der Waals surface area contributed by atoms with Gasteiger partial charge in [-0.25, -0.2) is 0 Å². The van der Waals surface area contributed by atoms with Gasteiger partial charge in [-0.15, -0.1) is 5.23 Å². The van der Waals surface area contributed by atoms with E-state index in [4.69, 9.17) is 10.4 Å². The highest BCUT2D eigenvalue weighted by molar-refractivity contribution is 5.55. The van der Waals surface area contributed by atoms with Gasteiger partial charge in [0.2, 0.25) is 0 Å². The maximum absolute atomic E-state index is 9.00. The number of anilines is 1. The van der Waals surface area contributed by atoms with Crippen molar-refractivity contribution < 1.29 is 10.4 Å². The summed E-state index contributed by atoms with van der Waals surface area (Å²) in [4.78, 5) is 0. The highest BCUT2D eigenvalue weighted by Gasteiger charge is 2.08. The third kappa shape index (κ3) is 2.20. The van der Waals surface area contributed by atoms with Gasteiger partial charge >= 0.3 is 0 Å². The number of aryl methyl sites for hydroxylation is 2. The lowest BCUT2D eigenvalue weighted by atomic mass is 10.0. The Hall–Kier alpha value is -1.06. The minimum absolute atomic E-state index is 0.209. The SMILES string of the molecule is CCCc1cccc(C)c1N(O)O. The summed E-state index contributed by atoms with van der Waals surface area (Å²) < 4.78 is 0. The summed E-state index contributed by atoms with van der Waals surface area (Å²) in [7, 11) is 0. The second-order valence-electron chi connectivity index (χ2n) is 3.12. The number of hydrogen-bond donors (Lipinski definition) is 2. The van der Waals surface area contributed by atoms with Crippen LogP contribution in [-0.2, 0) is 6.42 Å². The smallest absolute Gasteiger partial charge is 0.100 e. The standard InChI is InChI=1S/C10H15NO2/c1-3-5-9-7-4-6-8(2)10(9)11(12)13/h4,6-7,12-13H,3,5H2,1-2H3. The van der Waals surface area contributed by atoms with Crippen LogP contribution < -0.4 is 5.23 Å². The lowest BCUT2D eigenvalue weighted by Gasteiger charge is -2.15. The molecular formula is C10H15NO2. The van der Waals surface area contributed by atoms with Crippen molar-refractivity contribution in [1.82, 2.24) is 0 Å². The van der Waals surface area contributed by atoms with Crippen LogP contribution in [0.3, 0.4) is 0 Å². The Morgan fingerprint density at radius 2 is 2.00 bits per heavy atom. The molecule has 72 valence electrons. The van der Waals surface area contributed by atoms with Crippen LogP contribution in [0.4, 0.5) is 5.69 Å². The van der Waals surface area contributed by atoms with Gasteiger partial charge in [-0.3, -0.25) is 10.4 Å². The molecule has 3 heteroatoms. The van der Waals surface area contributed by atoms with E-state index in [1.54, 1.807) is 0 Å². The van der Waals surface area contributed by atoms with Crippen LogP contribution in [0, 0.1) is 6.92 Å². The molecule has 0 atom stereocenters. The fourth-order valence-electron chi connectivity index (χ4n) is 1.48. The quantitative estimate of drug-likeness (QED) is 0.704. The molecule has 1 aromatic carbocycles. The molecule has 1 aromatic rings. The Kier molecular flexibility index (Phi) is 3.28. The Balaban J connectivity index is 3.10. The Morgan fingerprint density at radius 1 is 1.31 bits per heavy atom. The summed E-state index contributed by atoms with van der Waals surface area (Å²) >= 11 is 0. The van der Waals surface area contributed by atoms with Crippen molar-refractivity contribution in [2.75, 3.05) is 5.23 Å². The first-order valence-electron chi connectivity index (χ1n) is 4.43. The van der Waals surface area contributed by atoms with Crippen LogP contribution in [0.25, 0.3) is 0 Å². The fourth-order valence-corrected chi connectivity index (χ4v) is 1.48. The van der Waals surface area contributed by atoms with Gasteiger partial charge in [-0.2, -0.15) is 0 Å². The summed E-state index contributed by atoms with van der Waals surface area (Å²) in [5.41, 5.74) is 2.34. The number of rotatable bonds is 3. The Morgan fingerprint density at radius 3 is 2.54 bits per heavy atom. The zero-order valence-corrected chi connectivity index (χ0v) is 7.99. The van der Waals surface area contributed by atoms with Gasteiger partial charge in [0.1, 0.15) is 5.69 Å². The molecule has 0 unspecified atom stereocenters. The molecule has 0 radical (unpaired) electrons. The van der Waals surface area contributed by atoms with Crippen molar-refractivity contribution in [3.8, 4) is 0 Å². The molecule has 0 aliphatic rings. The molecule has 0 saturated carbocycles. The van der Waals surface area contributed by atoms with E-state index in [0.29, 0.717) is 5.69 Å². The molecule has 0 saturated heterocycles. The molecule has 0 aliphatic heterocycles. The Bertz CT molecular complexity index is 284. The normalized spacial score (nSPS) is 10.2. The third-order valence-electron chi connectivity index (χ3n) is 2.04. The largest absolute Gasteiger partial charge is 0.264 e. The summed E-state index contributed by atoms with van der Waals surface area (Å²) in [5.74, 6) is 0. The maximum Gasteiger partial charge on any atom is 0.100 e. The fraction of sp³-hybridized carbons (Fsp3) is 0.400. The van der Waals surface area contributed by atoms with Gasteiger partial charge in [-0.1, -0.05) is 31.5 Å². The van der Waals surface area contributed by atoms with Crippen LogP contribution in [0.2, 0.25) is 0 Å². The molecule has 0 aromatic heterocycles. The molecule has 0 heterocycles. The number of hydrogen-bond acceptors (Lipinski definition) is 3. The second-order valence-corrected chi connectivity index (χ2v) is 3.12. The number of para-hydroxylation sites is 1. The minimum atomic E-state index is 0.209. The van der Waals surface area contributed by atoms with Crippen molar-refractivity contribution in [3.63, 3.8) is 0 Å². The molecule has 1 rings (SSSR count). The predicted octanol–water partition coefficient (Wildman–Crippen LogP) is 2.53. The average molecular weight is 181 g/mol. The zero-order valence-electron chi connectivity index (χ0n) is 7.99. The van der Waals surface area contributed by atoms with E-state index in [0.717, 1.165) is 24.0 Å². The van der Waals surface area contributed by atoms with Crippen molar-refractivity contribution in [2.45, 2.75) is 26.7 Å². The van der Waals surface area contributed by atoms with Crippen molar-refractivity contribution in [1.29, 1.82) is 0 Å². The second kappa shape index (κ2) is 4.25. The van der Waals surface area contributed by atoms with Crippen LogP contribution in [-0.4, -0.2) is 10.4 Å². The van der Waals surface area contributed by atoms with E-state index < -0.39 is 0 Å². The van der Waals surface area contributed by atoms with Crippen molar-refractivity contribution in [3.05, 3.63) is 29.3 Å². The van der Waals surface area contributed by atoms with E-state index >= 15 is 0 Å². The topological polar surface area (TPSA) is 43.7 Å². The van der Waals surface area contributed by atoms with Crippen molar-refractivity contribution in [2.24, 2.45) is 0 Å². The first-order valence-corrected chi connectivity index (χ1v) is 4.43. The molecule has 0 bridgehead atoms. The summed E-state index contributed by atoms with van der Waals surface area (Å²) in [6.07, 6.45) is 1.85. The van der Waals surface area contributed by atoms with Gasteiger partial charge < -0.3 is 0 Å². The van der Waals surface area contributed by atoms with Crippen molar-refractivity contribution >= 4 is 5.69 Å². The third-order valence-corrected chi connectivity index (χ3v) is 2.04. The molecular weight excluding hydrogens is 166 g/mol. The van der Waals surface area contributed by atoms with E-state index in [2.05, 4.69) is 6.92 Å². The maximum atomic E-state index is 9.00. The molecule has 0 amide bonds. The zero-order chi connectivity index (χ0) is 9.84. The summed E-state index contributed by atoms with van der Waals surface area (Å²) in [5, 5.41) is 18.2. The van der Waals surface area contributed by atoms with E-state index in [1.165, 1.54) is 0 Å². The summed E-state index contributed by atoms with van der Waals surface area (Å²) in [6, 6.07) is 5.69. The molecule has 0 spiro atoms. The number of nitrogens with zero attached hydrogens (tertiary/aromatic N) is 1. The highest BCUT2D eigenvalue weighted by Crippen LogP contribution is 2.23. The lowest BCUT2D eigenvalue weighted by Crippen LogP contribution is -2.14. The van der Waals surface area contributed by atoms with Gasteiger partial charge in [0.15, 0.2) is 0 Å². The minimum Gasteiger partial charge on any atom is -0.264 e. The highest BCUT2D eigenvalue weighted by atomic mass is 16.8. The van der Waals surface area contributed by atoms with Crippen LogP contribution >= 0.6 is 0 Å². The molecule has 3 nitrogen and oxygen atoms in total. The van der Waals surface area contributed by atoms with E-state index in [-0.39, 0.29) is 5.23 Å². The van der Waals surface area contributed by atoms with Crippen LogP contribution in [0.5, 0.6) is 0 Å². The average Bonchev–Trinajstić information content (AvgIpc) is 2.04. The number of benzene rings is 1. The van der Waals surface area contributed by atoms with Crippen LogP contribution in [0.1, 0.15) is 24.5 Å². The van der Waals surface area contributed by atoms with Gasteiger partial charge in [-0.05, 0) is 24.5 Å². The Labute approximate surface area is 78.1 Å². The first-order chi connectivity index (χ1) is 6.16. The van der Waals surface area contributed by atoms with Gasteiger partial charge in [0.05, 0.1) is 0 Å². The van der Waals surface area contributed by atoms with Gasteiger partial charge in [0.25, 0.3) is 0 Å². The first kappa shape index (κ1) is 10.0. The lowest BCUT2D eigenvalue weighted by molar-refractivity contribution is 0.0283. The van der Waals surface area contributed by atoms with E-state index in [1.807, 2.05) is 25.1 Å². The van der Waals surface area contributed by atoms with Gasteiger partial charge in [0, 0.05) is 0 Å². The molecule has 0 aliphatic carbocycles. The molecule has 13 heavy (non-hydrogen) atoms. The molecule has 0 fully saturated rings. The van der Waals surface area contributed by atoms with E-state index in [9.17, 15) is 0 Å². The van der Waals surface area contributed by atoms with Crippen LogP contribution in [0.15, 0.2) is 18.2 Å². The molecule has 2 N–H and O–H groups in total. The monoisotopic (exact) mass is 181 g/mol. The predicted molar refractivity (Wildman–Crippen MR) is 51.2 cm³/mol.